The number of rotatable bonds is 6. The van der Waals surface area contributed by atoms with Crippen molar-refractivity contribution in [1.82, 2.24) is 10.2 Å². The molecule has 0 spiro atoms. The molecule has 5 heteroatoms. The lowest BCUT2D eigenvalue weighted by molar-refractivity contribution is -0.116. The van der Waals surface area contributed by atoms with E-state index in [1.54, 1.807) is 19.3 Å². The Kier molecular flexibility index (Phi) is 5.89. The summed E-state index contributed by atoms with van der Waals surface area (Å²) in [6.45, 7) is 4.86. The third-order valence-corrected chi connectivity index (χ3v) is 5.58. The fourth-order valence-corrected chi connectivity index (χ4v) is 3.89. The first kappa shape index (κ1) is 17.7. The zero-order chi connectivity index (χ0) is 17.6. The zero-order valence-corrected chi connectivity index (χ0v) is 15.5. The molecule has 1 aromatic carbocycles. The number of amides is 1. The van der Waals surface area contributed by atoms with Crippen molar-refractivity contribution in [2.24, 2.45) is 0 Å². The lowest BCUT2D eigenvalue weighted by Crippen LogP contribution is -2.43. The molecule has 1 amide bonds. The topological polar surface area (TPSA) is 41.6 Å². The number of carbonyl (C=O) groups is 1. The molecule has 2 aromatic rings. The van der Waals surface area contributed by atoms with Crippen LogP contribution in [-0.4, -0.2) is 37.0 Å². The van der Waals surface area contributed by atoms with Crippen molar-refractivity contribution in [1.29, 1.82) is 0 Å². The molecule has 132 valence electrons. The molecule has 1 atom stereocenters. The van der Waals surface area contributed by atoms with Crippen LogP contribution in [0.1, 0.15) is 22.9 Å². The molecule has 1 aliphatic rings. The van der Waals surface area contributed by atoms with Crippen molar-refractivity contribution in [2.45, 2.75) is 25.9 Å². The molecule has 0 fully saturated rings. The molecule has 0 bridgehead atoms. The highest BCUT2D eigenvalue weighted by Gasteiger charge is 2.21. The smallest absolute Gasteiger partial charge is 0.244 e. The summed E-state index contributed by atoms with van der Waals surface area (Å²) in [6, 6.07) is 10.2. The average Bonchev–Trinajstić information content (AvgIpc) is 3.12. The Balaban J connectivity index is 1.48. The second kappa shape index (κ2) is 8.32. The summed E-state index contributed by atoms with van der Waals surface area (Å²) < 4.78 is 5.19. The van der Waals surface area contributed by atoms with E-state index < -0.39 is 0 Å². The van der Waals surface area contributed by atoms with Crippen LogP contribution in [-0.2, 0) is 17.8 Å². The van der Waals surface area contributed by atoms with Gasteiger partial charge in [0.1, 0.15) is 5.75 Å². The van der Waals surface area contributed by atoms with Gasteiger partial charge in [0.25, 0.3) is 0 Å². The lowest BCUT2D eigenvalue weighted by atomic mass is 10.1. The normalized spacial score (nSPS) is 15.8. The lowest BCUT2D eigenvalue weighted by Gasteiger charge is -2.32. The molecule has 0 saturated heterocycles. The van der Waals surface area contributed by atoms with Crippen LogP contribution in [0.15, 0.2) is 41.8 Å². The average molecular weight is 356 g/mol. The number of hydrogen-bond donors (Lipinski definition) is 1. The van der Waals surface area contributed by atoms with Crippen molar-refractivity contribution in [3.63, 3.8) is 0 Å². The third kappa shape index (κ3) is 4.71. The second-order valence-electron chi connectivity index (χ2n) is 6.29. The second-order valence-corrected chi connectivity index (χ2v) is 7.29. The van der Waals surface area contributed by atoms with E-state index in [1.807, 2.05) is 35.6 Å². The van der Waals surface area contributed by atoms with Gasteiger partial charge in [-0.3, -0.25) is 9.69 Å². The van der Waals surface area contributed by atoms with Gasteiger partial charge >= 0.3 is 0 Å². The number of carbonyl (C=O) groups excluding carboxylic acids is 1. The fraction of sp³-hybridized carbons (Fsp3) is 0.350. The summed E-state index contributed by atoms with van der Waals surface area (Å²) in [5.41, 5.74) is 2.39. The van der Waals surface area contributed by atoms with Crippen molar-refractivity contribution in [3.05, 3.63) is 57.8 Å². The molecule has 0 aliphatic carbocycles. The number of benzene rings is 1. The standard InChI is InChI=1S/C20H24N2O2S/c1-15(22-10-8-19-17(14-22)9-11-25-19)13-21-20(23)7-6-16-4-3-5-18(12-16)24-2/h3-7,9,11-12,15H,8,10,13-14H2,1-2H3,(H,21,23)/b7-6+. The third-order valence-electron chi connectivity index (χ3n) is 4.55. The summed E-state index contributed by atoms with van der Waals surface area (Å²) in [5, 5.41) is 5.17. The number of ether oxygens (including phenoxy) is 1. The van der Waals surface area contributed by atoms with E-state index in [0.717, 1.165) is 30.8 Å². The summed E-state index contributed by atoms with van der Waals surface area (Å²) in [5.74, 6) is 0.719. The molecule has 4 nitrogen and oxygen atoms in total. The van der Waals surface area contributed by atoms with Gasteiger partial charge < -0.3 is 10.1 Å². The van der Waals surface area contributed by atoms with E-state index in [1.165, 1.54) is 10.4 Å². The Labute approximate surface area is 153 Å². The Bertz CT molecular complexity index is 754. The van der Waals surface area contributed by atoms with Gasteiger partial charge in [0.15, 0.2) is 0 Å². The van der Waals surface area contributed by atoms with Gasteiger partial charge in [0, 0.05) is 36.6 Å². The Morgan fingerprint density at radius 2 is 2.32 bits per heavy atom. The van der Waals surface area contributed by atoms with Crippen LogP contribution in [0.5, 0.6) is 5.75 Å². The molecular formula is C20H24N2O2S. The van der Waals surface area contributed by atoms with Crippen LogP contribution in [0.4, 0.5) is 0 Å². The van der Waals surface area contributed by atoms with Crippen molar-refractivity contribution < 1.29 is 9.53 Å². The first-order valence-electron chi connectivity index (χ1n) is 8.55. The minimum absolute atomic E-state index is 0.0668. The molecule has 1 N–H and O–H groups in total. The summed E-state index contributed by atoms with van der Waals surface area (Å²) in [6.07, 6.45) is 4.50. The fourth-order valence-electron chi connectivity index (χ4n) is 3.00. The minimum Gasteiger partial charge on any atom is -0.497 e. The van der Waals surface area contributed by atoms with Gasteiger partial charge in [-0.25, -0.2) is 0 Å². The van der Waals surface area contributed by atoms with Crippen LogP contribution in [0.3, 0.4) is 0 Å². The van der Waals surface area contributed by atoms with E-state index in [0.29, 0.717) is 12.6 Å². The highest BCUT2D eigenvalue weighted by atomic mass is 32.1. The van der Waals surface area contributed by atoms with Crippen molar-refractivity contribution in [2.75, 3.05) is 20.2 Å². The van der Waals surface area contributed by atoms with Crippen molar-refractivity contribution in [3.8, 4) is 5.75 Å². The van der Waals surface area contributed by atoms with Crippen LogP contribution in [0.2, 0.25) is 0 Å². The first-order chi connectivity index (χ1) is 12.2. The van der Waals surface area contributed by atoms with Crippen LogP contribution in [0.25, 0.3) is 6.08 Å². The van der Waals surface area contributed by atoms with Gasteiger partial charge in [-0.15, -0.1) is 11.3 Å². The zero-order valence-electron chi connectivity index (χ0n) is 14.7. The number of fused-ring (bicyclic) bond motifs is 1. The number of nitrogens with one attached hydrogen (secondary N) is 1. The molecule has 0 saturated carbocycles. The molecule has 0 radical (unpaired) electrons. The Morgan fingerprint density at radius 1 is 1.44 bits per heavy atom. The van der Waals surface area contributed by atoms with Gasteiger partial charge in [-0.05, 0) is 54.1 Å². The number of nitrogens with zero attached hydrogens (tertiary/aromatic N) is 1. The quantitative estimate of drug-likeness (QED) is 0.807. The van der Waals surface area contributed by atoms with Gasteiger partial charge in [-0.1, -0.05) is 12.1 Å². The molecule has 25 heavy (non-hydrogen) atoms. The largest absolute Gasteiger partial charge is 0.497 e. The summed E-state index contributed by atoms with van der Waals surface area (Å²) in [4.78, 5) is 16.0. The van der Waals surface area contributed by atoms with Gasteiger partial charge in [0.05, 0.1) is 7.11 Å². The Morgan fingerprint density at radius 3 is 3.16 bits per heavy atom. The summed E-state index contributed by atoms with van der Waals surface area (Å²) in [7, 11) is 1.64. The maximum absolute atomic E-state index is 12.1. The van der Waals surface area contributed by atoms with Gasteiger partial charge in [0.2, 0.25) is 5.91 Å². The van der Waals surface area contributed by atoms with Crippen LogP contribution in [0, 0.1) is 0 Å². The summed E-state index contributed by atoms with van der Waals surface area (Å²) >= 11 is 1.85. The van der Waals surface area contributed by atoms with E-state index in [9.17, 15) is 4.79 Å². The van der Waals surface area contributed by atoms with E-state index >= 15 is 0 Å². The molecule has 1 aromatic heterocycles. The van der Waals surface area contributed by atoms with E-state index in [2.05, 4.69) is 28.6 Å². The number of hydrogen-bond acceptors (Lipinski definition) is 4. The molecular weight excluding hydrogens is 332 g/mol. The molecule has 3 rings (SSSR count). The molecule has 1 aliphatic heterocycles. The highest BCUT2D eigenvalue weighted by Crippen LogP contribution is 2.24. The Hall–Kier alpha value is -2.11. The van der Waals surface area contributed by atoms with Gasteiger partial charge in [-0.2, -0.15) is 0 Å². The van der Waals surface area contributed by atoms with Crippen LogP contribution >= 0.6 is 11.3 Å². The number of thiophene rings is 1. The first-order valence-corrected chi connectivity index (χ1v) is 9.43. The van der Waals surface area contributed by atoms with Crippen LogP contribution < -0.4 is 10.1 Å². The maximum atomic E-state index is 12.1. The SMILES string of the molecule is COc1cccc(/C=C/C(=O)NCC(C)N2CCc3sccc3C2)c1. The monoisotopic (exact) mass is 356 g/mol. The maximum Gasteiger partial charge on any atom is 0.244 e. The predicted molar refractivity (Wildman–Crippen MR) is 103 cm³/mol. The minimum atomic E-state index is -0.0668. The predicted octanol–water partition coefficient (Wildman–Crippen LogP) is 3.33. The van der Waals surface area contributed by atoms with E-state index in [-0.39, 0.29) is 5.91 Å². The van der Waals surface area contributed by atoms with Crippen molar-refractivity contribution >= 4 is 23.3 Å². The molecule has 2 heterocycles. The highest BCUT2D eigenvalue weighted by molar-refractivity contribution is 7.10. The number of methoxy groups -OCH3 is 1. The molecule has 1 unspecified atom stereocenters. The van der Waals surface area contributed by atoms with E-state index in [4.69, 9.17) is 4.74 Å².